The molecular weight excluding hydrogens is 366 g/mol. The fourth-order valence-electron chi connectivity index (χ4n) is 2.59. The molecule has 3 amide bonds. The lowest BCUT2D eigenvalue weighted by Crippen LogP contribution is -2.48. The Balaban J connectivity index is 1.71. The topological polar surface area (TPSA) is 100 Å². The van der Waals surface area contributed by atoms with Crippen LogP contribution in [0.3, 0.4) is 0 Å². The van der Waals surface area contributed by atoms with E-state index in [0.717, 1.165) is 19.3 Å². The average molecular weight is 386 g/mol. The summed E-state index contributed by atoms with van der Waals surface area (Å²) in [6, 6.07) is 1.07. The molecule has 126 valence electrons. The maximum Gasteiger partial charge on any atom is 0.355 e. The van der Waals surface area contributed by atoms with Crippen LogP contribution >= 0.6 is 15.9 Å². The zero-order valence-electron chi connectivity index (χ0n) is 12.9. The molecule has 1 fully saturated rings. The number of nitrogens with one attached hydrogen (secondary N) is 3. The fraction of sp³-hybridized carbons (Fsp3) is 0.533. The van der Waals surface area contributed by atoms with Crippen LogP contribution in [0.5, 0.6) is 0 Å². The molecule has 2 rings (SSSR count). The number of hydrogen-bond donors (Lipinski definition) is 3. The Hall–Kier alpha value is -1.83. The molecular formula is C15H20BrN3O4. The van der Waals surface area contributed by atoms with Crippen molar-refractivity contribution < 1.29 is 19.1 Å². The summed E-state index contributed by atoms with van der Waals surface area (Å²) in [4.78, 5) is 37.8. The standard InChI is InChI=1S/C15H20BrN3O4/c1-9-4-2-3-5-11(9)18-15(22)19-13(20)8-23-14(21)12-6-10(16)7-17-12/h6-7,9,11,17H,2-5,8H2,1H3,(H2,18,19,20,22). The van der Waals surface area contributed by atoms with Crippen LogP contribution in [0, 0.1) is 5.92 Å². The second kappa shape index (κ2) is 8.14. The number of carbonyl (C=O) groups is 3. The maximum absolute atomic E-state index is 11.8. The third-order valence-corrected chi connectivity index (χ3v) is 4.34. The molecule has 1 aromatic rings. The number of aromatic amines is 1. The smallest absolute Gasteiger partial charge is 0.355 e. The molecule has 7 nitrogen and oxygen atoms in total. The van der Waals surface area contributed by atoms with Gasteiger partial charge in [-0.15, -0.1) is 0 Å². The van der Waals surface area contributed by atoms with E-state index < -0.39 is 24.5 Å². The van der Waals surface area contributed by atoms with E-state index in [2.05, 4.69) is 38.5 Å². The van der Waals surface area contributed by atoms with Crippen LogP contribution < -0.4 is 10.6 Å². The number of carbonyl (C=O) groups excluding carboxylic acids is 3. The lowest BCUT2D eigenvalue weighted by atomic mass is 9.86. The van der Waals surface area contributed by atoms with Crippen molar-refractivity contribution in [2.75, 3.05) is 6.61 Å². The Morgan fingerprint density at radius 3 is 2.74 bits per heavy atom. The molecule has 2 unspecified atom stereocenters. The normalized spacial score (nSPS) is 20.6. The molecule has 1 aromatic heterocycles. The SMILES string of the molecule is CC1CCCCC1NC(=O)NC(=O)COC(=O)c1cc(Br)c[nH]1. The lowest BCUT2D eigenvalue weighted by molar-refractivity contribution is -0.123. The summed E-state index contributed by atoms with van der Waals surface area (Å²) < 4.78 is 5.54. The van der Waals surface area contributed by atoms with Gasteiger partial charge in [-0.2, -0.15) is 0 Å². The summed E-state index contributed by atoms with van der Waals surface area (Å²) >= 11 is 3.19. The molecule has 0 radical (unpaired) electrons. The molecule has 23 heavy (non-hydrogen) atoms. The Kier molecular flexibility index (Phi) is 6.20. The number of urea groups is 1. The first-order chi connectivity index (χ1) is 11.0. The van der Waals surface area contributed by atoms with Crippen molar-refractivity contribution in [3.05, 3.63) is 22.4 Å². The molecule has 1 saturated carbocycles. The van der Waals surface area contributed by atoms with Crippen LogP contribution in [0.25, 0.3) is 0 Å². The Bertz CT molecular complexity index is 587. The van der Waals surface area contributed by atoms with Gasteiger partial charge in [0, 0.05) is 16.7 Å². The molecule has 0 bridgehead atoms. The summed E-state index contributed by atoms with van der Waals surface area (Å²) in [7, 11) is 0. The molecule has 1 aliphatic rings. The number of halogens is 1. The number of esters is 1. The number of ether oxygens (including phenoxy) is 1. The third-order valence-electron chi connectivity index (χ3n) is 3.88. The molecule has 2 atom stereocenters. The van der Waals surface area contributed by atoms with Crippen molar-refractivity contribution >= 4 is 33.8 Å². The minimum atomic E-state index is -0.662. The van der Waals surface area contributed by atoms with Gasteiger partial charge in [-0.3, -0.25) is 10.1 Å². The molecule has 0 spiro atoms. The predicted octanol–water partition coefficient (Wildman–Crippen LogP) is 2.34. The van der Waals surface area contributed by atoms with Gasteiger partial charge in [0.05, 0.1) is 0 Å². The molecule has 1 aliphatic carbocycles. The lowest BCUT2D eigenvalue weighted by Gasteiger charge is -2.29. The highest BCUT2D eigenvalue weighted by atomic mass is 79.9. The summed E-state index contributed by atoms with van der Waals surface area (Å²) in [5.41, 5.74) is 0.227. The van der Waals surface area contributed by atoms with E-state index in [1.165, 1.54) is 12.5 Å². The fourth-order valence-corrected chi connectivity index (χ4v) is 2.94. The zero-order valence-corrected chi connectivity index (χ0v) is 14.4. The molecule has 1 heterocycles. The highest BCUT2D eigenvalue weighted by Crippen LogP contribution is 2.23. The van der Waals surface area contributed by atoms with E-state index in [9.17, 15) is 14.4 Å². The minimum absolute atomic E-state index is 0.0790. The van der Waals surface area contributed by atoms with Crippen LogP contribution in [-0.2, 0) is 9.53 Å². The van der Waals surface area contributed by atoms with Gasteiger partial charge in [0.1, 0.15) is 5.69 Å². The van der Waals surface area contributed by atoms with Gasteiger partial charge < -0.3 is 15.0 Å². The molecule has 0 aliphatic heterocycles. The van der Waals surface area contributed by atoms with Crippen LogP contribution in [0.15, 0.2) is 16.7 Å². The van der Waals surface area contributed by atoms with E-state index in [4.69, 9.17) is 4.74 Å². The van der Waals surface area contributed by atoms with E-state index in [-0.39, 0.29) is 11.7 Å². The second-order valence-electron chi connectivity index (χ2n) is 5.70. The summed E-state index contributed by atoms with van der Waals surface area (Å²) in [5, 5.41) is 4.97. The van der Waals surface area contributed by atoms with Crippen molar-refractivity contribution in [1.29, 1.82) is 0 Å². The van der Waals surface area contributed by atoms with Gasteiger partial charge in [0.2, 0.25) is 0 Å². The van der Waals surface area contributed by atoms with Crippen molar-refractivity contribution in [1.82, 2.24) is 15.6 Å². The second-order valence-corrected chi connectivity index (χ2v) is 6.61. The number of rotatable bonds is 4. The van der Waals surface area contributed by atoms with E-state index >= 15 is 0 Å². The maximum atomic E-state index is 11.8. The van der Waals surface area contributed by atoms with Gasteiger partial charge >= 0.3 is 12.0 Å². The Labute approximate surface area is 142 Å². The molecule has 0 aromatic carbocycles. The largest absolute Gasteiger partial charge is 0.451 e. The average Bonchev–Trinajstić information content (AvgIpc) is 2.94. The zero-order chi connectivity index (χ0) is 16.8. The molecule has 8 heteroatoms. The highest BCUT2D eigenvalue weighted by Gasteiger charge is 2.23. The first-order valence-corrected chi connectivity index (χ1v) is 8.36. The van der Waals surface area contributed by atoms with Gasteiger partial charge in [-0.25, -0.2) is 9.59 Å². The van der Waals surface area contributed by atoms with Crippen molar-refractivity contribution in [3.63, 3.8) is 0 Å². The number of amides is 3. The van der Waals surface area contributed by atoms with Crippen LogP contribution in [0.2, 0.25) is 0 Å². The van der Waals surface area contributed by atoms with Gasteiger partial charge in [-0.1, -0.05) is 19.8 Å². The number of imide groups is 1. The van der Waals surface area contributed by atoms with E-state index in [0.29, 0.717) is 10.4 Å². The number of aromatic nitrogens is 1. The van der Waals surface area contributed by atoms with Crippen molar-refractivity contribution in [2.24, 2.45) is 5.92 Å². The monoisotopic (exact) mass is 385 g/mol. The summed E-state index contributed by atoms with van der Waals surface area (Å²) in [5.74, 6) is -0.925. The predicted molar refractivity (Wildman–Crippen MR) is 86.9 cm³/mol. The summed E-state index contributed by atoms with van der Waals surface area (Å²) in [6.45, 7) is 1.57. The summed E-state index contributed by atoms with van der Waals surface area (Å²) in [6.07, 6.45) is 5.81. The molecule has 3 N–H and O–H groups in total. The van der Waals surface area contributed by atoms with Gasteiger partial charge in [0.15, 0.2) is 6.61 Å². The van der Waals surface area contributed by atoms with Crippen LogP contribution in [0.1, 0.15) is 43.1 Å². The Morgan fingerprint density at radius 2 is 2.09 bits per heavy atom. The first-order valence-electron chi connectivity index (χ1n) is 7.57. The van der Waals surface area contributed by atoms with E-state index in [1.807, 2.05) is 0 Å². The van der Waals surface area contributed by atoms with Crippen molar-refractivity contribution in [3.8, 4) is 0 Å². The quantitative estimate of drug-likeness (QED) is 0.692. The number of hydrogen-bond acceptors (Lipinski definition) is 4. The third kappa shape index (κ3) is 5.38. The van der Waals surface area contributed by atoms with E-state index in [1.54, 1.807) is 6.20 Å². The van der Waals surface area contributed by atoms with Crippen LogP contribution in [0.4, 0.5) is 4.79 Å². The highest BCUT2D eigenvalue weighted by molar-refractivity contribution is 9.10. The Morgan fingerprint density at radius 1 is 1.35 bits per heavy atom. The van der Waals surface area contributed by atoms with Crippen molar-refractivity contribution in [2.45, 2.75) is 38.6 Å². The van der Waals surface area contributed by atoms with Gasteiger partial charge in [0.25, 0.3) is 5.91 Å². The minimum Gasteiger partial charge on any atom is -0.451 e. The molecule has 0 saturated heterocycles. The van der Waals surface area contributed by atoms with Gasteiger partial charge in [-0.05, 0) is 40.8 Å². The van der Waals surface area contributed by atoms with Crippen LogP contribution in [-0.4, -0.2) is 35.5 Å². The first kappa shape index (κ1) is 17.5. The number of H-pyrrole nitrogens is 1.